The molecule has 1 saturated heterocycles. The van der Waals surface area contributed by atoms with Crippen molar-refractivity contribution in [2.75, 3.05) is 39.4 Å². The van der Waals surface area contributed by atoms with Gasteiger partial charge in [0.25, 0.3) is 0 Å². The molecule has 1 aliphatic rings. The highest BCUT2D eigenvalue weighted by Gasteiger charge is 2.17. The van der Waals surface area contributed by atoms with Crippen molar-refractivity contribution in [3.63, 3.8) is 0 Å². The first kappa shape index (κ1) is 14.5. The van der Waals surface area contributed by atoms with Gasteiger partial charge in [-0.05, 0) is 17.0 Å². The molecule has 0 aromatic heterocycles. The van der Waals surface area contributed by atoms with Crippen LogP contribution in [0.2, 0.25) is 0 Å². The van der Waals surface area contributed by atoms with E-state index in [2.05, 4.69) is 43.0 Å². The van der Waals surface area contributed by atoms with Crippen LogP contribution in [0, 0.1) is 0 Å². The summed E-state index contributed by atoms with van der Waals surface area (Å²) in [5, 5.41) is 0. The Hall–Kier alpha value is -0.900. The number of nitrogens with two attached hydrogens (primary N) is 1. The molecule has 0 radical (unpaired) electrons. The summed E-state index contributed by atoms with van der Waals surface area (Å²) in [6.45, 7) is 9.96. The fraction of sp³-hybridized carbons (Fsp3) is 0.625. The molecule has 19 heavy (non-hydrogen) atoms. The van der Waals surface area contributed by atoms with E-state index in [0.717, 1.165) is 32.8 Å². The summed E-state index contributed by atoms with van der Waals surface area (Å²) in [6, 6.07) is 8.96. The molecule has 1 aromatic carbocycles. The minimum absolute atomic E-state index is 0.430. The van der Waals surface area contributed by atoms with Crippen LogP contribution in [0.3, 0.4) is 0 Å². The van der Waals surface area contributed by atoms with Crippen LogP contribution in [-0.4, -0.2) is 44.3 Å². The van der Waals surface area contributed by atoms with E-state index >= 15 is 0 Å². The molecule has 1 fully saturated rings. The highest BCUT2D eigenvalue weighted by molar-refractivity contribution is 5.27. The molecule has 2 N–H and O–H groups in total. The Labute approximate surface area is 116 Å². The third-order valence-corrected chi connectivity index (χ3v) is 3.94. The van der Waals surface area contributed by atoms with Crippen LogP contribution in [0.25, 0.3) is 0 Å². The molecule has 0 amide bonds. The number of hydrogen-bond donors (Lipinski definition) is 1. The summed E-state index contributed by atoms with van der Waals surface area (Å²) in [7, 11) is 0. The number of hydrogen-bond acceptors (Lipinski definition) is 3. The van der Waals surface area contributed by atoms with Crippen molar-refractivity contribution in [1.82, 2.24) is 4.90 Å². The van der Waals surface area contributed by atoms with Gasteiger partial charge in [0.05, 0.1) is 13.2 Å². The molecule has 0 aliphatic carbocycles. The summed E-state index contributed by atoms with van der Waals surface area (Å²) in [4.78, 5) is 2.46. The average Bonchev–Trinajstić information content (AvgIpc) is 2.46. The molecule has 2 rings (SSSR count). The number of rotatable bonds is 5. The molecule has 0 saturated carbocycles. The molecule has 1 unspecified atom stereocenters. The lowest BCUT2D eigenvalue weighted by Gasteiger charge is -2.30. The topological polar surface area (TPSA) is 38.5 Å². The molecule has 1 aliphatic heterocycles. The van der Waals surface area contributed by atoms with Gasteiger partial charge in [-0.3, -0.25) is 4.90 Å². The second-order valence-electron chi connectivity index (χ2n) is 5.67. The third kappa shape index (κ3) is 4.03. The molecule has 1 aromatic rings. The summed E-state index contributed by atoms with van der Waals surface area (Å²) >= 11 is 0. The van der Waals surface area contributed by atoms with E-state index in [1.807, 2.05) is 0 Å². The summed E-state index contributed by atoms with van der Waals surface area (Å²) < 4.78 is 5.39. The first-order chi connectivity index (χ1) is 9.20. The Bertz CT molecular complexity index is 369. The fourth-order valence-electron chi connectivity index (χ4n) is 2.56. The molecule has 106 valence electrons. The number of ether oxygens (including phenoxy) is 1. The van der Waals surface area contributed by atoms with Gasteiger partial charge in [0, 0.05) is 32.1 Å². The smallest absolute Gasteiger partial charge is 0.0594 e. The highest BCUT2D eigenvalue weighted by Crippen LogP contribution is 2.20. The van der Waals surface area contributed by atoms with Crippen LogP contribution in [0.4, 0.5) is 0 Å². The first-order valence-electron chi connectivity index (χ1n) is 7.30. The van der Waals surface area contributed by atoms with Gasteiger partial charge in [-0.25, -0.2) is 0 Å². The van der Waals surface area contributed by atoms with Gasteiger partial charge in [0.1, 0.15) is 0 Å². The molecule has 3 nitrogen and oxygen atoms in total. The lowest BCUT2D eigenvalue weighted by atomic mass is 9.94. The second-order valence-corrected chi connectivity index (χ2v) is 5.67. The van der Waals surface area contributed by atoms with Crippen LogP contribution < -0.4 is 5.73 Å². The van der Waals surface area contributed by atoms with Crippen molar-refractivity contribution in [2.45, 2.75) is 25.7 Å². The predicted molar refractivity (Wildman–Crippen MR) is 79.6 cm³/mol. The third-order valence-electron chi connectivity index (χ3n) is 3.94. The average molecular weight is 262 g/mol. The van der Waals surface area contributed by atoms with Crippen molar-refractivity contribution in [1.29, 1.82) is 0 Å². The Kier molecular flexibility index (Phi) is 5.37. The maximum atomic E-state index is 5.96. The summed E-state index contributed by atoms with van der Waals surface area (Å²) in [6.07, 6.45) is 0. The molecule has 3 heteroatoms. The van der Waals surface area contributed by atoms with Crippen molar-refractivity contribution < 1.29 is 4.74 Å². The maximum absolute atomic E-state index is 5.96. The molecule has 1 heterocycles. The quantitative estimate of drug-likeness (QED) is 0.884. The van der Waals surface area contributed by atoms with E-state index in [9.17, 15) is 0 Å². The van der Waals surface area contributed by atoms with Gasteiger partial charge in [-0.15, -0.1) is 0 Å². The van der Waals surface area contributed by atoms with Gasteiger partial charge in [-0.1, -0.05) is 38.1 Å². The number of nitrogens with zero attached hydrogens (tertiary/aromatic N) is 1. The largest absolute Gasteiger partial charge is 0.379 e. The van der Waals surface area contributed by atoms with Crippen LogP contribution in [0.15, 0.2) is 24.3 Å². The second kappa shape index (κ2) is 7.04. The Morgan fingerprint density at radius 3 is 2.21 bits per heavy atom. The lowest BCUT2D eigenvalue weighted by molar-refractivity contribution is 0.0353. The minimum Gasteiger partial charge on any atom is -0.379 e. The summed E-state index contributed by atoms with van der Waals surface area (Å²) in [5.41, 5.74) is 8.72. The highest BCUT2D eigenvalue weighted by atomic mass is 16.5. The number of morpholine rings is 1. The van der Waals surface area contributed by atoms with Crippen molar-refractivity contribution in [3.05, 3.63) is 35.4 Å². The van der Waals surface area contributed by atoms with E-state index in [0.29, 0.717) is 18.4 Å². The monoisotopic (exact) mass is 262 g/mol. The predicted octanol–water partition coefficient (Wildman–Crippen LogP) is 2.18. The molecule has 1 atom stereocenters. The van der Waals surface area contributed by atoms with Crippen LogP contribution in [-0.2, 0) is 4.74 Å². The SMILES string of the molecule is CC(C)c1ccc(C(CN)CN2CCOCC2)cc1. The molecule has 0 bridgehead atoms. The normalized spacial score (nSPS) is 18.7. The van der Waals surface area contributed by atoms with Crippen molar-refractivity contribution in [2.24, 2.45) is 5.73 Å². The lowest BCUT2D eigenvalue weighted by Crippen LogP contribution is -2.40. The van der Waals surface area contributed by atoms with Gasteiger partial charge in [0.2, 0.25) is 0 Å². The van der Waals surface area contributed by atoms with Crippen LogP contribution in [0.5, 0.6) is 0 Å². The maximum Gasteiger partial charge on any atom is 0.0594 e. The number of benzene rings is 1. The van der Waals surface area contributed by atoms with Crippen LogP contribution in [0.1, 0.15) is 36.8 Å². The Balaban J connectivity index is 1.99. The minimum atomic E-state index is 0.430. The molecular formula is C16H26N2O. The van der Waals surface area contributed by atoms with Gasteiger partial charge < -0.3 is 10.5 Å². The van der Waals surface area contributed by atoms with E-state index in [1.165, 1.54) is 11.1 Å². The van der Waals surface area contributed by atoms with Crippen LogP contribution >= 0.6 is 0 Å². The Morgan fingerprint density at radius 1 is 1.11 bits per heavy atom. The molecular weight excluding hydrogens is 236 g/mol. The van der Waals surface area contributed by atoms with Gasteiger partial charge in [-0.2, -0.15) is 0 Å². The molecule has 0 spiro atoms. The fourth-order valence-corrected chi connectivity index (χ4v) is 2.56. The Morgan fingerprint density at radius 2 is 1.68 bits per heavy atom. The van der Waals surface area contributed by atoms with E-state index < -0.39 is 0 Å². The zero-order valence-electron chi connectivity index (χ0n) is 12.1. The van der Waals surface area contributed by atoms with E-state index in [-0.39, 0.29) is 0 Å². The zero-order valence-corrected chi connectivity index (χ0v) is 12.1. The van der Waals surface area contributed by atoms with E-state index in [4.69, 9.17) is 10.5 Å². The van der Waals surface area contributed by atoms with Crippen molar-refractivity contribution >= 4 is 0 Å². The van der Waals surface area contributed by atoms with Gasteiger partial charge >= 0.3 is 0 Å². The van der Waals surface area contributed by atoms with E-state index in [1.54, 1.807) is 0 Å². The summed E-state index contributed by atoms with van der Waals surface area (Å²) in [5.74, 6) is 1.02. The van der Waals surface area contributed by atoms with Gasteiger partial charge in [0.15, 0.2) is 0 Å². The zero-order chi connectivity index (χ0) is 13.7. The van der Waals surface area contributed by atoms with Crippen molar-refractivity contribution in [3.8, 4) is 0 Å². The standard InChI is InChI=1S/C16H26N2O/c1-13(2)14-3-5-15(6-4-14)16(11-17)12-18-7-9-19-10-8-18/h3-6,13,16H,7-12,17H2,1-2H3. The first-order valence-corrected chi connectivity index (χ1v) is 7.30.